The summed E-state index contributed by atoms with van der Waals surface area (Å²) >= 11 is 6.55. The van der Waals surface area contributed by atoms with Crippen LogP contribution < -0.4 is 10.2 Å². The molecule has 5 nitrogen and oxygen atoms in total. The zero-order chi connectivity index (χ0) is 30.0. The van der Waals surface area contributed by atoms with Crippen LogP contribution in [0, 0.1) is 5.92 Å². The number of halogens is 1. The van der Waals surface area contributed by atoms with Crippen LogP contribution in [0.25, 0.3) is 16.8 Å². The van der Waals surface area contributed by atoms with Crippen LogP contribution in [0.5, 0.6) is 0 Å². The van der Waals surface area contributed by atoms with Gasteiger partial charge in [0.25, 0.3) is 5.91 Å². The molecule has 1 aliphatic rings. The second-order valence-electron chi connectivity index (χ2n) is 11.5. The molecule has 0 aliphatic heterocycles. The van der Waals surface area contributed by atoms with Crippen molar-refractivity contribution in [2.75, 3.05) is 31.3 Å². The number of benzene rings is 4. The summed E-state index contributed by atoms with van der Waals surface area (Å²) in [6, 6.07) is 23.0. The van der Waals surface area contributed by atoms with Gasteiger partial charge in [-0.05, 0) is 65.3 Å². The van der Waals surface area contributed by atoms with Gasteiger partial charge in [-0.2, -0.15) is 0 Å². The highest BCUT2D eigenvalue weighted by molar-refractivity contribution is 7.91. The maximum atomic E-state index is 13.3. The van der Waals surface area contributed by atoms with Gasteiger partial charge in [-0.25, -0.2) is 8.42 Å². The molecule has 0 saturated heterocycles. The first-order valence-corrected chi connectivity index (χ1v) is 16.4. The number of nitrogens with zero attached hydrogens (tertiary/aromatic N) is 1. The molecule has 0 saturated carbocycles. The zero-order valence-corrected chi connectivity index (χ0v) is 26.1. The molecule has 7 heteroatoms. The molecule has 218 valence electrons. The maximum Gasteiger partial charge on any atom is 0.252 e. The Morgan fingerprint density at radius 3 is 2.45 bits per heavy atom. The third kappa shape index (κ3) is 6.11. The first kappa shape index (κ1) is 29.9. The van der Waals surface area contributed by atoms with Gasteiger partial charge in [-0.3, -0.25) is 4.79 Å². The molecule has 0 radical (unpaired) electrons. The van der Waals surface area contributed by atoms with E-state index in [0.717, 1.165) is 23.1 Å². The normalized spacial score (nSPS) is 14.4. The Balaban J connectivity index is 1.21. The number of fused-ring (bicyclic) bond motifs is 2. The molecule has 0 aromatic heterocycles. The summed E-state index contributed by atoms with van der Waals surface area (Å²) in [7, 11) is 0.325. The fourth-order valence-electron chi connectivity index (χ4n) is 5.83. The van der Waals surface area contributed by atoms with Gasteiger partial charge in [0.2, 0.25) is 0 Å². The van der Waals surface area contributed by atoms with E-state index in [-0.39, 0.29) is 24.6 Å². The lowest BCUT2D eigenvalue weighted by Crippen LogP contribution is -2.26. The first-order chi connectivity index (χ1) is 20.1. The summed E-state index contributed by atoms with van der Waals surface area (Å²) in [5.41, 5.74) is 6.27. The number of sulfone groups is 1. The minimum Gasteiger partial charge on any atom is -0.377 e. The number of carbonyl (C=O) groups is 1. The van der Waals surface area contributed by atoms with Gasteiger partial charge in [0.1, 0.15) is 0 Å². The van der Waals surface area contributed by atoms with E-state index < -0.39 is 9.84 Å². The van der Waals surface area contributed by atoms with E-state index in [0.29, 0.717) is 32.7 Å². The van der Waals surface area contributed by atoms with Gasteiger partial charge in [0.05, 0.1) is 21.2 Å². The summed E-state index contributed by atoms with van der Waals surface area (Å²) < 4.78 is 26.5. The van der Waals surface area contributed by atoms with E-state index in [4.69, 9.17) is 11.6 Å². The second-order valence-corrected chi connectivity index (χ2v) is 14.0. The predicted molar refractivity (Wildman–Crippen MR) is 175 cm³/mol. The lowest BCUT2D eigenvalue weighted by atomic mass is 9.88. The van der Waals surface area contributed by atoms with Gasteiger partial charge in [0, 0.05) is 43.0 Å². The molecule has 0 spiro atoms. The van der Waals surface area contributed by atoms with E-state index in [1.54, 1.807) is 18.2 Å². The monoisotopic (exact) mass is 600 g/mol. The molecule has 1 atom stereocenters. The average Bonchev–Trinajstić information content (AvgIpc) is 3.40. The fourth-order valence-corrected chi connectivity index (χ4v) is 7.67. The molecule has 42 heavy (non-hydrogen) atoms. The number of hydrogen-bond donors (Lipinski definition) is 1. The fraction of sp³-hybridized carbons (Fsp3) is 0.286. The quantitative estimate of drug-likeness (QED) is 0.191. The molecule has 4 aromatic carbocycles. The lowest BCUT2D eigenvalue weighted by Gasteiger charge is -2.17. The Morgan fingerprint density at radius 2 is 1.71 bits per heavy atom. The Kier molecular flexibility index (Phi) is 8.76. The number of anilines is 1. The summed E-state index contributed by atoms with van der Waals surface area (Å²) in [5, 5.41) is 4.82. The van der Waals surface area contributed by atoms with Crippen molar-refractivity contribution in [3.05, 3.63) is 112 Å². The number of hydrogen-bond acceptors (Lipinski definition) is 4. The third-order valence-corrected chi connectivity index (χ3v) is 10.2. The Hall–Kier alpha value is -3.61. The van der Waals surface area contributed by atoms with Gasteiger partial charge >= 0.3 is 0 Å². The molecule has 1 N–H and O–H groups in total. The van der Waals surface area contributed by atoms with Crippen LogP contribution in [-0.4, -0.2) is 40.7 Å². The summed E-state index contributed by atoms with van der Waals surface area (Å²) in [6.45, 7) is 4.71. The van der Waals surface area contributed by atoms with E-state index in [2.05, 4.69) is 49.5 Å². The lowest BCUT2D eigenvalue weighted by molar-refractivity contribution is 0.0954. The second kappa shape index (κ2) is 12.3. The highest BCUT2D eigenvalue weighted by Crippen LogP contribution is 2.38. The molecule has 1 unspecified atom stereocenters. The molecular formula is C35H37ClN2O3S. The SMILES string of the molecule is CC(C)C1C=Cc2c(Cc3ccc(C(=O)NCCCS(=O)(=O)c4cccc5c(N(C)C)cccc45)c(Cl)c3)cccc21. The number of carbonyl (C=O) groups excluding carboxylic acids is 1. The van der Waals surface area contributed by atoms with Crippen LogP contribution >= 0.6 is 11.6 Å². The van der Waals surface area contributed by atoms with Crippen LogP contribution in [-0.2, 0) is 16.3 Å². The third-order valence-electron chi connectivity index (χ3n) is 8.00. The van der Waals surface area contributed by atoms with Crippen LogP contribution in [0.4, 0.5) is 5.69 Å². The maximum absolute atomic E-state index is 13.3. The molecule has 1 amide bonds. The molecule has 0 bridgehead atoms. The first-order valence-electron chi connectivity index (χ1n) is 14.4. The van der Waals surface area contributed by atoms with Crippen LogP contribution in [0.1, 0.15) is 58.8 Å². The van der Waals surface area contributed by atoms with E-state index in [1.165, 1.54) is 16.7 Å². The molecule has 5 rings (SSSR count). The highest BCUT2D eigenvalue weighted by atomic mass is 35.5. The average molecular weight is 601 g/mol. The van der Waals surface area contributed by atoms with E-state index in [1.807, 2.05) is 55.4 Å². The molecule has 0 fully saturated rings. The van der Waals surface area contributed by atoms with Crippen molar-refractivity contribution < 1.29 is 13.2 Å². The van der Waals surface area contributed by atoms with Crippen molar-refractivity contribution >= 4 is 49.9 Å². The minimum atomic E-state index is -3.55. The van der Waals surface area contributed by atoms with Crippen molar-refractivity contribution in [3.63, 3.8) is 0 Å². The molecular weight excluding hydrogens is 564 g/mol. The van der Waals surface area contributed by atoms with E-state index >= 15 is 0 Å². The number of rotatable bonds is 10. The minimum absolute atomic E-state index is 0.0707. The summed E-state index contributed by atoms with van der Waals surface area (Å²) in [6.07, 6.45) is 5.52. The summed E-state index contributed by atoms with van der Waals surface area (Å²) in [4.78, 5) is 15.2. The Morgan fingerprint density at radius 1 is 0.976 bits per heavy atom. The number of amides is 1. The smallest absolute Gasteiger partial charge is 0.252 e. The molecule has 1 aliphatic carbocycles. The number of nitrogens with one attached hydrogen (secondary N) is 1. The van der Waals surface area contributed by atoms with Crippen LogP contribution in [0.2, 0.25) is 5.02 Å². The Bertz CT molecular complexity index is 1780. The van der Waals surface area contributed by atoms with Gasteiger partial charge in [-0.1, -0.05) is 86.1 Å². The predicted octanol–water partition coefficient (Wildman–Crippen LogP) is 7.51. The number of allylic oxidation sites excluding steroid dienone is 1. The van der Waals surface area contributed by atoms with Gasteiger partial charge < -0.3 is 10.2 Å². The van der Waals surface area contributed by atoms with Crippen molar-refractivity contribution in [2.45, 2.75) is 37.5 Å². The largest absolute Gasteiger partial charge is 0.377 e. The van der Waals surface area contributed by atoms with Crippen molar-refractivity contribution in [1.82, 2.24) is 5.32 Å². The van der Waals surface area contributed by atoms with Crippen molar-refractivity contribution in [1.29, 1.82) is 0 Å². The van der Waals surface area contributed by atoms with Crippen molar-refractivity contribution in [2.24, 2.45) is 5.92 Å². The topological polar surface area (TPSA) is 66.5 Å². The molecule has 0 heterocycles. The standard InChI is InChI=1S/C35H37ClN2O3S/c1-23(2)26-17-18-27-25(9-5-10-28(26)27)21-24-15-16-31(32(36)22-24)35(39)37-19-8-20-42(40,41)34-14-7-11-29-30(34)12-6-13-33(29)38(3)4/h5-7,9-18,22-23,26H,8,19-21H2,1-4H3,(H,37,39). The van der Waals surface area contributed by atoms with Crippen molar-refractivity contribution in [3.8, 4) is 0 Å². The zero-order valence-electron chi connectivity index (χ0n) is 24.5. The summed E-state index contributed by atoms with van der Waals surface area (Å²) in [5.74, 6) is 0.596. The Labute approximate surface area is 254 Å². The van der Waals surface area contributed by atoms with Crippen LogP contribution in [0.15, 0.2) is 83.8 Å². The van der Waals surface area contributed by atoms with Crippen LogP contribution in [0.3, 0.4) is 0 Å². The highest BCUT2D eigenvalue weighted by Gasteiger charge is 2.22. The molecule has 4 aromatic rings. The van der Waals surface area contributed by atoms with E-state index in [9.17, 15) is 13.2 Å². The van der Waals surface area contributed by atoms with Gasteiger partial charge in [-0.15, -0.1) is 0 Å². The van der Waals surface area contributed by atoms with Gasteiger partial charge in [0.15, 0.2) is 9.84 Å².